The second-order valence-corrected chi connectivity index (χ2v) is 2.50. The van der Waals surface area contributed by atoms with Crippen LogP contribution in [0.5, 0.6) is 0 Å². The maximum absolute atomic E-state index is 5.30. The molecular weight excluding hydrogens is 172 g/mol. The van der Waals surface area contributed by atoms with E-state index in [0.717, 1.165) is 6.54 Å². The van der Waals surface area contributed by atoms with Crippen LogP contribution in [0.15, 0.2) is 4.42 Å². The zero-order valence-corrected chi connectivity index (χ0v) is 7.86. The van der Waals surface area contributed by atoms with Gasteiger partial charge in [-0.3, -0.25) is 0 Å². The molecule has 0 saturated carbocycles. The van der Waals surface area contributed by atoms with E-state index in [9.17, 15) is 0 Å². The van der Waals surface area contributed by atoms with Crippen molar-refractivity contribution in [2.45, 2.75) is 6.92 Å². The van der Waals surface area contributed by atoms with Crippen LogP contribution in [-0.2, 0) is 4.74 Å². The molecule has 13 heavy (non-hydrogen) atoms. The first-order valence-corrected chi connectivity index (χ1v) is 4.10. The minimum Gasteiger partial charge on any atom is -0.390 e. The van der Waals surface area contributed by atoms with Crippen LogP contribution in [-0.4, -0.2) is 37.0 Å². The molecule has 0 spiro atoms. The molecule has 6 nitrogen and oxygen atoms in total. The molecule has 0 aliphatic rings. The number of likely N-dealkylation sites (N-methyl/N-ethyl adjacent to an activating group) is 1. The molecule has 0 amide bonds. The summed E-state index contributed by atoms with van der Waals surface area (Å²) in [6.45, 7) is 4.12. The highest BCUT2D eigenvalue weighted by molar-refractivity contribution is 5.26. The molecule has 0 saturated heterocycles. The van der Waals surface area contributed by atoms with Gasteiger partial charge in [0.15, 0.2) is 0 Å². The molecule has 0 unspecified atom stereocenters. The molecule has 1 heterocycles. The fourth-order valence-electron chi connectivity index (χ4n) is 0.945. The predicted octanol–water partition coefficient (Wildman–Crippen LogP) is 0.124. The highest BCUT2D eigenvalue weighted by Gasteiger charge is 2.10. The van der Waals surface area contributed by atoms with Crippen LogP contribution < -0.4 is 10.6 Å². The van der Waals surface area contributed by atoms with Crippen molar-refractivity contribution in [3.63, 3.8) is 0 Å². The summed E-state index contributed by atoms with van der Waals surface area (Å²) >= 11 is 0. The number of aromatic nitrogens is 2. The number of rotatable bonds is 5. The Balaban J connectivity index is 2.56. The summed E-state index contributed by atoms with van der Waals surface area (Å²) in [4.78, 5) is 1.90. The van der Waals surface area contributed by atoms with Crippen molar-refractivity contribution in [3.05, 3.63) is 0 Å². The van der Waals surface area contributed by atoms with Crippen LogP contribution in [0.2, 0.25) is 0 Å². The zero-order chi connectivity index (χ0) is 9.68. The third-order valence-corrected chi connectivity index (χ3v) is 1.65. The SMILES string of the molecule is CCN(CCOC)c1nnc(N)o1. The molecule has 1 rings (SSSR count). The quantitative estimate of drug-likeness (QED) is 0.704. The number of ether oxygens (including phenoxy) is 1. The van der Waals surface area contributed by atoms with E-state index in [1.807, 2.05) is 11.8 Å². The monoisotopic (exact) mass is 186 g/mol. The third-order valence-electron chi connectivity index (χ3n) is 1.65. The Morgan fingerprint density at radius 2 is 2.31 bits per heavy atom. The summed E-state index contributed by atoms with van der Waals surface area (Å²) in [5.74, 6) is 0. The lowest BCUT2D eigenvalue weighted by Crippen LogP contribution is -2.27. The van der Waals surface area contributed by atoms with Gasteiger partial charge >= 0.3 is 12.0 Å². The molecule has 0 aliphatic heterocycles. The van der Waals surface area contributed by atoms with Gasteiger partial charge < -0.3 is 19.8 Å². The van der Waals surface area contributed by atoms with E-state index in [-0.39, 0.29) is 6.01 Å². The van der Waals surface area contributed by atoms with Crippen LogP contribution in [0, 0.1) is 0 Å². The maximum atomic E-state index is 5.30. The van der Waals surface area contributed by atoms with Gasteiger partial charge in [0, 0.05) is 20.2 Å². The molecule has 0 radical (unpaired) electrons. The van der Waals surface area contributed by atoms with E-state index < -0.39 is 0 Å². The number of nitrogens with zero attached hydrogens (tertiary/aromatic N) is 3. The smallest absolute Gasteiger partial charge is 0.319 e. The van der Waals surface area contributed by atoms with Crippen molar-refractivity contribution < 1.29 is 9.15 Å². The summed E-state index contributed by atoms with van der Waals surface area (Å²) in [6.07, 6.45) is 0. The van der Waals surface area contributed by atoms with E-state index >= 15 is 0 Å². The lowest BCUT2D eigenvalue weighted by atomic mass is 10.5. The normalized spacial score (nSPS) is 10.3. The number of hydrogen-bond donors (Lipinski definition) is 1. The van der Waals surface area contributed by atoms with Crippen LogP contribution in [0.3, 0.4) is 0 Å². The molecule has 0 atom stereocenters. The van der Waals surface area contributed by atoms with E-state index in [4.69, 9.17) is 14.9 Å². The topological polar surface area (TPSA) is 77.4 Å². The minimum absolute atomic E-state index is 0.0888. The first kappa shape index (κ1) is 9.79. The van der Waals surface area contributed by atoms with Gasteiger partial charge in [-0.15, -0.1) is 0 Å². The Labute approximate surface area is 76.7 Å². The molecule has 1 aromatic heterocycles. The van der Waals surface area contributed by atoms with Crippen molar-refractivity contribution in [3.8, 4) is 0 Å². The molecule has 0 aliphatic carbocycles. The van der Waals surface area contributed by atoms with Crippen molar-refractivity contribution in [1.29, 1.82) is 0 Å². The van der Waals surface area contributed by atoms with Crippen LogP contribution in [0.4, 0.5) is 12.0 Å². The lowest BCUT2D eigenvalue weighted by Gasteiger charge is -2.16. The van der Waals surface area contributed by atoms with Crippen molar-refractivity contribution in [2.24, 2.45) is 0 Å². The largest absolute Gasteiger partial charge is 0.390 e. The van der Waals surface area contributed by atoms with Gasteiger partial charge in [-0.2, -0.15) is 0 Å². The Bertz CT molecular complexity index is 250. The molecule has 2 N–H and O–H groups in total. The number of hydrogen-bond acceptors (Lipinski definition) is 6. The number of anilines is 2. The number of methoxy groups -OCH3 is 1. The van der Waals surface area contributed by atoms with Crippen LogP contribution in [0.25, 0.3) is 0 Å². The van der Waals surface area contributed by atoms with Crippen LogP contribution in [0.1, 0.15) is 6.92 Å². The van der Waals surface area contributed by atoms with Gasteiger partial charge in [-0.1, -0.05) is 10.2 Å². The van der Waals surface area contributed by atoms with Gasteiger partial charge in [-0.05, 0) is 6.92 Å². The molecule has 0 aromatic carbocycles. The number of nitrogen functional groups attached to an aromatic ring is 1. The average molecular weight is 186 g/mol. The van der Waals surface area contributed by atoms with Gasteiger partial charge in [0.1, 0.15) is 0 Å². The van der Waals surface area contributed by atoms with E-state index in [0.29, 0.717) is 19.2 Å². The van der Waals surface area contributed by atoms with Crippen LogP contribution >= 0.6 is 0 Å². The highest BCUT2D eigenvalue weighted by atomic mass is 16.5. The molecule has 6 heteroatoms. The first-order chi connectivity index (χ1) is 6.27. The fraction of sp³-hybridized carbons (Fsp3) is 0.714. The fourth-order valence-corrected chi connectivity index (χ4v) is 0.945. The Hall–Kier alpha value is -1.30. The van der Waals surface area contributed by atoms with Crippen molar-refractivity contribution in [2.75, 3.05) is 37.4 Å². The lowest BCUT2D eigenvalue weighted by molar-refractivity contribution is 0.204. The summed E-state index contributed by atoms with van der Waals surface area (Å²) in [6, 6.07) is 0.530. The summed E-state index contributed by atoms with van der Waals surface area (Å²) < 4.78 is 10.00. The second kappa shape index (κ2) is 4.66. The van der Waals surface area contributed by atoms with E-state index in [2.05, 4.69) is 10.2 Å². The molecule has 0 bridgehead atoms. The van der Waals surface area contributed by atoms with Crippen molar-refractivity contribution in [1.82, 2.24) is 10.2 Å². The summed E-state index contributed by atoms with van der Waals surface area (Å²) in [7, 11) is 1.65. The summed E-state index contributed by atoms with van der Waals surface area (Å²) in [5.41, 5.74) is 5.30. The Kier molecular flexibility index (Phi) is 3.51. The van der Waals surface area contributed by atoms with Gasteiger partial charge in [-0.25, -0.2) is 0 Å². The Morgan fingerprint density at radius 3 is 2.77 bits per heavy atom. The molecule has 0 fully saturated rings. The number of nitrogens with two attached hydrogens (primary N) is 1. The van der Waals surface area contributed by atoms with Gasteiger partial charge in [0.05, 0.1) is 6.61 Å². The average Bonchev–Trinajstić information content (AvgIpc) is 2.54. The molecule has 74 valence electrons. The highest BCUT2D eigenvalue weighted by Crippen LogP contribution is 2.11. The van der Waals surface area contributed by atoms with E-state index in [1.165, 1.54) is 0 Å². The molecule has 1 aromatic rings. The second-order valence-electron chi connectivity index (χ2n) is 2.50. The standard InChI is InChI=1S/C7H14N4O2/c1-3-11(4-5-12-2)7-10-9-6(8)13-7/h3-5H2,1-2H3,(H2,8,9). The predicted molar refractivity (Wildman–Crippen MR) is 48.5 cm³/mol. The Morgan fingerprint density at radius 1 is 1.54 bits per heavy atom. The van der Waals surface area contributed by atoms with Gasteiger partial charge in [0.2, 0.25) is 0 Å². The first-order valence-electron chi connectivity index (χ1n) is 4.10. The summed E-state index contributed by atoms with van der Waals surface area (Å²) in [5, 5.41) is 7.34. The third kappa shape index (κ3) is 2.59. The minimum atomic E-state index is 0.0888. The zero-order valence-electron chi connectivity index (χ0n) is 7.86. The maximum Gasteiger partial charge on any atom is 0.319 e. The van der Waals surface area contributed by atoms with Crippen molar-refractivity contribution >= 4 is 12.0 Å². The van der Waals surface area contributed by atoms with Gasteiger partial charge in [0.25, 0.3) is 0 Å². The van der Waals surface area contributed by atoms with E-state index in [1.54, 1.807) is 7.11 Å². The molecular formula is C7H14N4O2.